The summed E-state index contributed by atoms with van der Waals surface area (Å²) in [4.78, 5) is 49.2. The summed E-state index contributed by atoms with van der Waals surface area (Å²) in [5.74, 6) is -2.25. The van der Waals surface area contributed by atoms with Crippen LogP contribution in [0.25, 0.3) is 0 Å². The fourth-order valence-corrected chi connectivity index (χ4v) is 5.59. The van der Waals surface area contributed by atoms with E-state index in [0.29, 0.717) is 47.4 Å². The number of ether oxygens (including phenoxy) is 1. The lowest BCUT2D eigenvalue weighted by molar-refractivity contribution is -0.138. The number of thiazole rings is 1. The first-order valence-corrected chi connectivity index (χ1v) is 12.8. The number of carboxylic acids is 1. The molecule has 5 rings (SSSR count). The molecule has 2 aromatic rings. The van der Waals surface area contributed by atoms with E-state index in [0.717, 1.165) is 0 Å². The maximum atomic E-state index is 16.0. The van der Waals surface area contributed by atoms with Crippen molar-refractivity contribution < 1.29 is 28.6 Å². The number of hydrogen-bond acceptors (Lipinski definition) is 9. The Balaban J connectivity index is 1.34. The van der Waals surface area contributed by atoms with Crippen LogP contribution in [0.1, 0.15) is 28.7 Å². The first-order chi connectivity index (χ1) is 17.8. The summed E-state index contributed by atoms with van der Waals surface area (Å²) < 4.78 is 21.2. The number of aromatic nitrogens is 1. The van der Waals surface area contributed by atoms with E-state index in [-0.39, 0.29) is 31.7 Å². The number of halogens is 1. The number of benzene rings is 1. The fourth-order valence-electron chi connectivity index (χ4n) is 4.99. The van der Waals surface area contributed by atoms with Gasteiger partial charge in [0.25, 0.3) is 5.91 Å². The molecule has 37 heavy (non-hydrogen) atoms. The lowest BCUT2D eigenvalue weighted by atomic mass is 9.85. The van der Waals surface area contributed by atoms with Crippen LogP contribution in [-0.2, 0) is 14.3 Å². The van der Waals surface area contributed by atoms with Crippen molar-refractivity contribution in [2.24, 2.45) is 10.9 Å². The Kier molecular flexibility index (Phi) is 6.78. The van der Waals surface area contributed by atoms with Crippen LogP contribution in [0.3, 0.4) is 0 Å². The van der Waals surface area contributed by atoms with Gasteiger partial charge >= 0.3 is 11.9 Å². The largest absolute Gasteiger partial charge is 0.478 e. The molecule has 3 aliphatic rings. The molecule has 10 nitrogen and oxygen atoms in total. The minimum atomic E-state index is -2.03. The van der Waals surface area contributed by atoms with E-state index in [1.807, 2.05) is 10.3 Å². The number of aliphatic imine (C=N–C) groups is 1. The van der Waals surface area contributed by atoms with Crippen molar-refractivity contribution >= 4 is 40.7 Å². The molecule has 12 heteroatoms. The Morgan fingerprint density at radius 1 is 1.35 bits per heavy atom. The first kappa shape index (κ1) is 25.0. The van der Waals surface area contributed by atoms with Crippen LogP contribution in [0.15, 0.2) is 52.1 Å². The molecule has 2 saturated heterocycles. The molecule has 1 amide bonds. The van der Waals surface area contributed by atoms with Gasteiger partial charge in [-0.2, -0.15) is 0 Å². The number of fused-ring (bicyclic) bond motifs is 1. The molecule has 2 unspecified atom stereocenters. The fraction of sp³-hybridized carbons (Fsp3) is 0.400. The van der Waals surface area contributed by atoms with Gasteiger partial charge in [0.2, 0.25) is 0 Å². The molecule has 194 valence electrons. The highest BCUT2D eigenvalue weighted by atomic mass is 32.1. The van der Waals surface area contributed by atoms with E-state index >= 15 is 4.39 Å². The molecule has 0 saturated carbocycles. The third-order valence-corrected chi connectivity index (χ3v) is 7.67. The van der Waals surface area contributed by atoms with E-state index in [1.54, 1.807) is 25.3 Å². The number of amides is 1. The number of aromatic carboxylic acids is 1. The van der Waals surface area contributed by atoms with Gasteiger partial charge in [0, 0.05) is 61.5 Å². The summed E-state index contributed by atoms with van der Waals surface area (Å²) in [5, 5.41) is 15.1. The van der Waals surface area contributed by atoms with E-state index < -0.39 is 29.4 Å². The minimum Gasteiger partial charge on any atom is -0.478 e. The average molecular weight is 528 g/mol. The van der Waals surface area contributed by atoms with Crippen LogP contribution in [-0.4, -0.2) is 83.7 Å². The third kappa shape index (κ3) is 4.74. The number of amidine groups is 1. The van der Waals surface area contributed by atoms with Gasteiger partial charge < -0.3 is 20.1 Å². The van der Waals surface area contributed by atoms with Gasteiger partial charge in [-0.1, -0.05) is 6.07 Å². The zero-order valence-corrected chi connectivity index (χ0v) is 21.0. The highest BCUT2D eigenvalue weighted by Gasteiger charge is 2.57. The van der Waals surface area contributed by atoms with Crippen LogP contribution in [0.4, 0.5) is 10.1 Å². The maximum absolute atomic E-state index is 16.0. The van der Waals surface area contributed by atoms with Gasteiger partial charge in [-0.25, -0.2) is 19.0 Å². The van der Waals surface area contributed by atoms with Gasteiger partial charge in [-0.05, 0) is 25.1 Å². The number of alkyl halides is 1. The van der Waals surface area contributed by atoms with Crippen molar-refractivity contribution in [3.8, 4) is 0 Å². The monoisotopic (exact) mass is 527 g/mol. The molecular formula is C25H26FN5O5S. The molecule has 0 spiro atoms. The molecule has 3 aliphatic heterocycles. The van der Waals surface area contributed by atoms with Crippen molar-refractivity contribution in [2.75, 3.05) is 44.2 Å². The summed E-state index contributed by atoms with van der Waals surface area (Å²) in [6, 6.07) is 5.98. The quantitative estimate of drug-likeness (QED) is 0.525. The zero-order valence-electron chi connectivity index (χ0n) is 20.1. The van der Waals surface area contributed by atoms with Crippen LogP contribution in [0.5, 0.6) is 0 Å². The zero-order chi connectivity index (χ0) is 26.2. The molecule has 4 heterocycles. The molecule has 0 bridgehead atoms. The number of piperidine rings is 1. The van der Waals surface area contributed by atoms with Crippen LogP contribution >= 0.6 is 11.3 Å². The summed E-state index contributed by atoms with van der Waals surface area (Å²) >= 11 is 1.42. The Hall–Kier alpha value is -3.64. The summed E-state index contributed by atoms with van der Waals surface area (Å²) in [6.45, 7) is 3.18. The standard InChI is InChI=1S/C25H26FN5O5S/c1-2-36-23(34)18-11-28-20(21-27-7-9-37-21)29-19(18)14-30-8-6-25(26)16(12-30)13-31(24(25)35)17-5-3-4-15(10-17)22(32)33/h3-5,7,9-10,16H,2,6,8,11-14H2,1H3,(H,28,29)(H,32,33). The Morgan fingerprint density at radius 2 is 2.19 bits per heavy atom. The highest BCUT2D eigenvalue weighted by Crippen LogP contribution is 2.41. The molecule has 2 fully saturated rings. The molecule has 2 atom stereocenters. The number of carboxylic acid groups (broad SMARTS) is 1. The van der Waals surface area contributed by atoms with Crippen LogP contribution < -0.4 is 10.2 Å². The molecule has 0 radical (unpaired) electrons. The minimum absolute atomic E-state index is 0.00106. The second kappa shape index (κ2) is 10.0. The van der Waals surface area contributed by atoms with Crippen molar-refractivity contribution in [2.45, 2.75) is 19.0 Å². The molecule has 1 aromatic heterocycles. The number of nitrogens with one attached hydrogen (secondary N) is 1. The summed E-state index contributed by atoms with van der Waals surface area (Å²) in [6.07, 6.45) is 1.68. The Bertz CT molecular complexity index is 1300. The summed E-state index contributed by atoms with van der Waals surface area (Å²) in [5.41, 5.74) is -0.585. The summed E-state index contributed by atoms with van der Waals surface area (Å²) in [7, 11) is 0. The van der Waals surface area contributed by atoms with Gasteiger partial charge in [-0.15, -0.1) is 11.3 Å². The number of carbonyl (C=O) groups excluding carboxylic acids is 2. The molecule has 0 aliphatic carbocycles. The van der Waals surface area contributed by atoms with Crippen LogP contribution in [0, 0.1) is 5.92 Å². The van der Waals surface area contributed by atoms with Gasteiger partial charge in [0.05, 0.1) is 24.3 Å². The third-order valence-electron chi connectivity index (χ3n) is 6.89. The normalized spacial score (nSPS) is 23.9. The first-order valence-electron chi connectivity index (χ1n) is 12.0. The lowest BCUT2D eigenvalue weighted by Crippen LogP contribution is -2.52. The van der Waals surface area contributed by atoms with E-state index in [9.17, 15) is 19.5 Å². The number of rotatable bonds is 7. The predicted octanol–water partition coefficient (Wildman–Crippen LogP) is 2.09. The van der Waals surface area contributed by atoms with Gasteiger partial charge in [0.1, 0.15) is 0 Å². The van der Waals surface area contributed by atoms with Gasteiger partial charge in [-0.3, -0.25) is 14.7 Å². The maximum Gasteiger partial charge on any atom is 0.337 e. The molecule has 1 aromatic carbocycles. The topological polar surface area (TPSA) is 124 Å². The second-order valence-electron chi connectivity index (χ2n) is 9.12. The number of nitrogens with zero attached hydrogens (tertiary/aromatic N) is 4. The SMILES string of the molecule is CCOC(=O)C1=C(CN2CCC3(F)C(=O)N(c4cccc(C(=O)O)c4)CC3C2)NC(c2nccs2)=NC1. The van der Waals surface area contributed by atoms with Crippen LogP contribution in [0.2, 0.25) is 0 Å². The molecular weight excluding hydrogens is 501 g/mol. The molecule has 2 N–H and O–H groups in total. The average Bonchev–Trinajstić information content (AvgIpc) is 3.52. The number of anilines is 1. The smallest absolute Gasteiger partial charge is 0.337 e. The number of hydrogen-bond donors (Lipinski definition) is 2. The Labute approximate surface area is 216 Å². The van der Waals surface area contributed by atoms with E-state index in [4.69, 9.17) is 4.74 Å². The van der Waals surface area contributed by atoms with E-state index in [1.165, 1.54) is 28.4 Å². The van der Waals surface area contributed by atoms with Crippen molar-refractivity contribution in [1.82, 2.24) is 15.2 Å². The predicted molar refractivity (Wildman–Crippen MR) is 134 cm³/mol. The lowest BCUT2D eigenvalue weighted by Gasteiger charge is -2.37. The van der Waals surface area contributed by atoms with Crippen molar-refractivity contribution in [3.63, 3.8) is 0 Å². The van der Waals surface area contributed by atoms with E-state index in [2.05, 4.69) is 15.3 Å². The Morgan fingerprint density at radius 3 is 2.92 bits per heavy atom. The van der Waals surface area contributed by atoms with Crippen molar-refractivity contribution in [3.05, 3.63) is 57.7 Å². The number of likely N-dealkylation sites (tertiary alicyclic amines) is 1. The number of carbonyl (C=O) groups is 3. The van der Waals surface area contributed by atoms with Gasteiger partial charge in [0.15, 0.2) is 16.5 Å². The second-order valence-corrected chi connectivity index (χ2v) is 10.0. The highest BCUT2D eigenvalue weighted by molar-refractivity contribution is 7.11. The van der Waals surface area contributed by atoms with Crippen molar-refractivity contribution in [1.29, 1.82) is 0 Å². The number of esters is 1.